The van der Waals surface area contributed by atoms with E-state index in [1.807, 2.05) is 10.7 Å². The summed E-state index contributed by atoms with van der Waals surface area (Å²) < 4.78 is 7.75. The van der Waals surface area contributed by atoms with E-state index in [0.717, 1.165) is 43.1 Å². The summed E-state index contributed by atoms with van der Waals surface area (Å²) in [6, 6.07) is 3.74. The first-order valence-electron chi connectivity index (χ1n) is 9.05. The maximum absolute atomic E-state index is 11.6. The molecule has 3 N–H and O–H groups in total. The van der Waals surface area contributed by atoms with Gasteiger partial charge in [-0.2, -0.15) is 5.10 Å². The molecule has 0 bridgehead atoms. The molecule has 0 aliphatic carbocycles. The van der Waals surface area contributed by atoms with Crippen LogP contribution in [0.1, 0.15) is 73.5 Å². The highest BCUT2D eigenvalue weighted by Crippen LogP contribution is 2.30. The Morgan fingerprint density at radius 2 is 2.12 bits per heavy atom. The Hall–Kier alpha value is -2.12. The number of primary amides is 1. The predicted octanol–water partition coefficient (Wildman–Crippen LogP) is 2.33. The number of aromatic nitrogens is 2. The number of furan rings is 1. The maximum atomic E-state index is 11.6. The van der Waals surface area contributed by atoms with Crippen LogP contribution in [0.5, 0.6) is 0 Å². The molecule has 26 heavy (non-hydrogen) atoms. The van der Waals surface area contributed by atoms with Crippen LogP contribution >= 0.6 is 0 Å². The largest absolute Gasteiger partial charge is 0.455 e. The topological polar surface area (TPSA) is 97.5 Å². The van der Waals surface area contributed by atoms with Crippen LogP contribution in [0.15, 0.2) is 16.5 Å². The van der Waals surface area contributed by atoms with Gasteiger partial charge in [0, 0.05) is 37.2 Å². The number of aryl methyl sites for hydroxylation is 1. The number of amides is 1. The van der Waals surface area contributed by atoms with Crippen LogP contribution in [-0.2, 0) is 25.0 Å². The van der Waals surface area contributed by atoms with E-state index in [2.05, 4.69) is 30.8 Å². The zero-order valence-corrected chi connectivity index (χ0v) is 16.0. The molecule has 1 aliphatic rings. The first-order chi connectivity index (χ1) is 12.1. The Morgan fingerprint density at radius 3 is 2.73 bits per heavy atom. The summed E-state index contributed by atoms with van der Waals surface area (Å²) in [5.74, 6) is 0.465. The van der Waals surface area contributed by atoms with E-state index in [4.69, 9.17) is 10.2 Å². The average molecular weight is 360 g/mol. The number of fused-ring (bicyclic) bond motifs is 1. The van der Waals surface area contributed by atoms with Crippen molar-refractivity contribution in [2.45, 2.75) is 65.3 Å². The second kappa shape index (κ2) is 6.89. The van der Waals surface area contributed by atoms with Gasteiger partial charge in [-0.1, -0.05) is 20.8 Å². The van der Waals surface area contributed by atoms with Gasteiger partial charge in [-0.25, -0.2) is 0 Å². The van der Waals surface area contributed by atoms with Crippen molar-refractivity contribution in [2.75, 3.05) is 6.54 Å². The van der Waals surface area contributed by atoms with Crippen molar-refractivity contribution in [3.63, 3.8) is 0 Å². The van der Waals surface area contributed by atoms with Crippen LogP contribution in [0.25, 0.3) is 0 Å². The number of carbonyl (C=O) groups is 1. The molecule has 0 saturated heterocycles. The molecule has 3 heterocycles. The van der Waals surface area contributed by atoms with Crippen LogP contribution in [-0.4, -0.2) is 32.2 Å². The quantitative estimate of drug-likeness (QED) is 0.872. The molecule has 1 aliphatic heterocycles. The van der Waals surface area contributed by atoms with Gasteiger partial charge in [0.2, 0.25) is 0 Å². The van der Waals surface area contributed by atoms with Gasteiger partial charge < -0.3 is 15.3 Å². The Morgan fingerprint density at radius 1 is 1.38 bits per heavy atom. The normalized spacial score (nSPS) is 17.0. The lowest BCUT2D eigenvalue weighted by molar-refractivity contribution is 0.0970. The maximum Gasteiger partial charge on any atom is 0.284 e. The lowest BCUT2D eigenvalue weighted by Crippen LogP contribution is -2.24. The Balaban J connectivity index is 1.85. The first kappa shape index (κ1) is 18.7. The Kier molecular flexibility index (Phi) is 4.94. The van der Waals surface area contributed by atoms with E-state index in [1.54, 1.807) is 13.0 Å². The van der Waals surface area contributed by atoms with E-state index in [0.29, 0.717) is 12.2 Å². The van der Waals surface area contributed by atoms with Crippen molar-refractivity contribution in [3.8, 4) is 0 Å². The number of nitrogens with two attached hydrogens (primary N) is 1. The van der Waals surface area contributed by atoms with Crippen molar-refractivity contribution in [2.24, 2.45) is 5.73 Å². The van der Waals surface area contributed by atoms with Crippen LogP contribution in [0, 0.1) is 0 Å². The van der Waals surface area contributed by atoms with E-state index in [9.17, 15) is 9.90 Å². The third-order valence-electron chi connectivity index (χ3n) is 4.67. The molecular formula is C19H28N4O3. The summed E-state index contributed by atoms with van der Waals surface area (Å²) in [6.45, 7) is 11.1. The fourth-order valence-electron chi connectivity index (χ4n) is 3.43. The van der Waals surface area contributed by atoms with Gasteiger partial charge in [0.05, 0.1) is 17.5 Å². The highest BCUT2D eigenvalue weighted by Gasteiger charge is 2.27. The van der Waals surface area contributed by atoms with Gasteiger partial charge in [-0.3, -0.25) is 14.4 Å². The molecule has 2 aromatic rings. The number of hydrogen-bond acceptors (Lipinski definition) is 5. The fourth-order valence-corrected chi connectivity index (χ4v) is 3.43. The first-order valence-corrected chi connectivity index (χ1v) is 9.05. The monoisotopic (exact) mass is 360 g/mol. The summed E-state index contributed by atoms with van der Waals surface area (Å²) in [5, 5.41) is 14.3. The van der Waals surface area contributed by atoms with Crippen LogP contribution < -0.4 is 5.73 Å². The molecule has 7 nitrogen and oxygen atoms in total. The molecule has 142 valence electrons. The van der Waals surface area contributed by atoms with E-state index >= 15 is 0 Å². The molecular weight excluding hydrogens is 332 g/mol. The van der Waals surface area contributed by atoms with Gasteiger partial charge in [0.1, 0.15) is 5.76 Å². The van der Waals surface area contributed by atoms with E-state index in [1.165, 1.54) is 0 Å². The lowest BCUT2D eigenvalue weighted by atomic mass is 9.90. The Labute approximate surface area is 153 Å². The average Bonchev–Trinajstić information content (AvgIpc) is 3.07. The summed E-state index contributed by atoms with van der Waals surface area (Å²) in [5.41, 5.74) is 7.99. The second-order valence-electron chi connectivity index (χ2n) is 8.10. The summed E-state index contributed by atoms with van der Waals surface area (Å²) in [4.78, 5) is 13.9. The van der Waals surface area contributed by atoms with E-state index in [-0.39, 0.29) is 11.2 Å². The SMILES string of the molecule is CC(O)c1cc2n(n1)CCCN(Cc1cc(C(N)=O)oc1C(C)(C)C)C2. The lowest BCUT2D eigenvalue weighted by Gasteiger charge is -2.22. The summed E-state index contributed by atoms with van der Waals surface area (Å²) in [7, 11) is 0. The van der Waals surface area contributed by atoms with Gasteiger partial charge >= 0.3 is 0 Å². The standard InChI is InChI=1S/C19H28N4O3/c1-12(24)15-9-14-11-22(6-5-7-23(14)21-15)10-13-8-16(18(20)25)26-17(13)19(2,3)4/h8-9,12,24H,5-7,10-11H2,1-4H3,(H2,20,25). The molecule has 1 unspecified atom stereocenters. The van der Waals surface area contributed by atoms with E-state index < -0.39 is 12.0 Å². The predicted molar refractivity (Wildman–Crippen MR) is 97.5 cm³/mol. The van der Waals surface area contributed by atoms with Crippen LogP contribution in [0.3, 0.4) is 0 Å². The molecule has 3 rings (SSSR count). The molecule has 0 saturated carbocycles. The molecule has 7 heteroatoms. The fraction of sp³-hybridized carbons (Fsp3) is 0.579. The molecule has 2 aromatic heterocycles. The summed E-state index contributed by atoms with van der Waals surface area (Å²) in [6.07, 6.45) is 0.404. The third-order valence-corrected chi connectivity index (χ3v) is 4.67. The molecule has 1 amide bonds. The minimum Gasteiger partial charge on any atom is -0.455 e. The number of aliphatic hydroxyl groups excluding tert-OH is 1. The highest BCUT2D eigenvalue weighted by molar-refractivity contribution is 5.90. The second-order valence-corrected chi connectivity index (χ2v) is 8.10. The molecule has 0 aromatic carbocycles. The number of hydrogen-bond donors (Lipinski definition) is 2. The summed E-state index contributed by atoms with van der Waals surface area (Å²) >= 11 is 0. The smallest absolute Gasteiger partial charge is 0.284 e. The van der Waals surface area contributed by atoms with Crippen molar-refractivity contribution < 1.29 is 14.3 Å². The molecule has 0 radical (unpaired) electrons. The number of aliphatic hydroxyl groups is 1. The van der Waals surface area contributed by atoms with Crippen LogP contribution in [0.4, 0.5) is 0 Å². The number of rotatable bonds is 4. The number of nitrogens with zero attached hydrogens (tertiary/aromatic N) is 3. The highest BCUT2D eigenvalue weighted by atomic mass is 16.4. The van der Waals surface area contributed by atoms with Gasteiger partial charge in [-0.15, -0.1) is 0 Å². The minimum atomic E-state index is -0.567. The Bertz CT molecular complexity index is 798. The molecule has 1 atom stereocenters. The zero-order valence-electron chi connectivity index (χ0n) is 16.0. The van der Waals surface area contributed by atoms with Crippen LogP contribution in [0.2, 0.25) is 0 Å². The minimum absolute atomic E-state index is 0.209. The van der Waals surface area contributed by atoms with Gasteiger partial charge in [0.25, 0.3) is 5.91 Å². The van der Waals surface area contributed by atoms with Gasteiger partial charge in [-0.05, 0) is 25.5 Å². The molecule has 0 fully saturated rings. The molecule has 0 spiro atoms. The number of carbonyl (C=O) groups excluding carboxylic acids is 1. The van der Waals surface area contributed by atoms with Crippen molar-refractivity contribution in [1.29, 1.82) is 0 Å². The third kappa shape index (κ3) is 3.83. The van der Waals surface area contributed by atoms with Crippen molar-refractivity contribution >= 4 is 5.91 Å². The van der Waals surface area contributed by atoms with Gasteiger partial charge in [0.15, 0.2) is 5.76 Å². The van der Waals surface area contributed by atoms with Crippen molar-refractivity contribution in [1.82, 2.24) is 14.7 Å². The van der Waals surface area contributed by atoms with Crippen molar-refractivity contribution in [3.05, 3.63) is 40.6 Å². The zero-order chi connectivity index (χ0) is 19.1.